The number of fused-ring (bicyclic) bond motifs is 2. The maximum absolute atomic E-state index is 4.35. The molecule has 0 amide bonds. The SMILES string of the molecule is Brc1cc([C@H]2CC3CCC2N3)cnc1Br. The highest BCUT2D eigenvalue weighted by atomic mass is 79.9. The minimum absolute atomic E-state index is 0.667. The number of hydrogen-bond acceptors (Lipinski definition) is 2. The maximum atomic E-state index is 4.35. The van der Waals surface area contributed by atoms with Gasteiger partial charge in [-0.1, -0.05) is 0 Å². The zero-order valence-corrected chi connectivity index (χ0v) is 11.4. The van der Waals surface area contributed by atoms with E-state index in [2.05, 4.69) is 48.2 Å². The second kappa shape index (κ2) is 3.82. The van der Waals surface area contributed by atoms with Crippen LogP contribution in [0.1, 0.15) is 30.7 Å². The number of aromatic nitrogens is 1. The summed E-state index contributed by atoms with van der Waals surface area (Å²) >= 11 is 6.92. The van der Waals surface area contributed by atoms with Crippen molar-refractivity contribution in [2.75, 3.05) is 0 Å². The molecule has 2 saturated heterocycles. The van der Waals surface area contributed by atoms with Crippen LogP contribution in [0, 0.1) is 0 Å². The van der Waals surface area contributed by atoms with E-state index in [1.165, 1.54) is 24.8 Å². The predicted octanol–water partition coefficient (Wildman–Crippen LogP) is 3.21. The monoisotopic (exact) mass is 330 g/mol. The van der Waals surface area contributed by atoms with Crippen LogP contribution in [-0.4, -0.2) is 17.1 Å². The Bertz CT molecular complexity index is 394. The van der Waals surface area contributed by atoms with Crippen LogP contribution in [0.25, 0.3) is 0 Å². The average Bonchev–Trinajstić information content (AvgIpc) is 2.83. The minimum Gasteiger partial charge on any atom is -0.311 e. The van der Waals surface area contributed by atoms with Crippen molar-refractivity contribution >= 4 is 31.9 Å². The largest absolute Gasteiger partial charge is 0.311 e. The maximum Gasteiger partial charge on any atom is 0.120 e. The van der Waals surface area contributed by atoms with Crippen LogP contribution in [0.2, 0.25) is 0 Å². The molecule has 15 heavy (non-hydrogen) atoms. The first-order valence-corrected chi connectivity index (χ1v) is 6.89. The van der Waals surface area contributed by atoms with Gasteiger partial charge in [-0.15, -0.1) is 0 Å². The van der Waals surface area contributed by atoms with Crippen molar-refractivity contribution in [3.8, 4) is 0 Å². The predicted molar refractivity (Wildman–Crippen MR) is 66.9 cm³/mol. The summed E-state index contributed by atoms with van der Waals surface area (Å²) in [4.78, 5) is 4.35. The first kappa shape index (κ1) is 10.2. The minimum atomic E-state index is 0.667. The Morgan fingerprint density at radius 1 is 1.33 bits per heavy atom. The van der Waals surface area contributed by atoms with Crippen LogP contribution < -0.4 is 5.32 Å². The van der Waals surface area contributed by atoms with Gasteiger partial charge in [-0.25, -0.2) is 4.98 Å². The van der Waals surface area contributed by atoms with Gasteiger partial charge in [0.15, 0.2) is 0 Å². The molecule has 4 heteroatoms. The highest BCUT2D eigenvalue weighted by molar-refractivity contribution is 9.13. The lowest BCUT2D eigenvalue weighted by molar-refractivity contribution is 0.505. The van der Waals surface area contributed by atoms with Crippen LogP contribution in [0.5, 0.6) is 0 Å². The van der Waals surface area contributed by atoms with Gasteiger partial charge in [0.25, 0.3) is 0 Å². The van der Waals surface area contributed by atoms with E-state index in [0.717, 1.165) is 15.1 Å². The molecular weight excluding hydrogens is 320 g/mol. The molecule has 3 heterocycles. The average molecular weight is 332 g/mol. The summed E-state index contributed by atoms with van der Waals surface area (Å²) in [5.74, 6) is 0.667. The van der Waals surface area contributed by atoms with Gasteiger partial charge >= 0.3 is 0 Å². The molecule has 1 aromatic heterocycles. The molecule has 2 nitrogen and oxygen atoms in total. The molecule has 2 unspecified atom stereocenters. The zero-order valence-electron chi connectivity index (χ0n) is 8.21. The highest BCUT2D eigenvalue weighted by Crippen LogP contribution is 2.40. The third-order valence-corrected chi connectivity index (χ3v) is 5.31. The second-order valence-corrected chi connectivity index (χ2v) is 6.04. The molecule has 0 aromatic carbocycles. The van der Waals surface area contributed by atoms with Crippen LogP contribution in [0.4, 0.5) is 0 Å². The normalized spacial score (nSPS) is 33.6. The van der Waals surface area contributed by atoms with E-state index in [0.29, 0.717) is 12.0 Å². The Morgan fingerprint density at radius 3 is 2.80 bits per heavy atom. The number of halogens is 2. The Morgan fingerprint density at radius 2 is 2.20 bits per heavy atom. The third kappa shape index (κ3) is 1.77. The summed E-state index contributed by atoms with van der Waals surface area (Å²) in [7, 11) is 0. The molecule has 1 N–H and O–H groups in total. The molecule has 2 bridgehead atoms. The van der Waals surface area contributed by atoms with Crippen molar-refractivity contribution in [1.82, 2.24) is 10.3 Å². The fourth-order valence-corrected chi connectivity index (χ4v) is 3.41. The molecular formula is C11H12Br2N2. The molecule has 0 spiro atoms. The van der Waals surface area contributed by atoms with E-state index in [9.17, 15) is 0 Å². The number of nitrogens with one attached hydrogen (secondary N) is 1. The number of hydrogen-bond donors (Lipinski definition) is 1. The Hall–Kier alpha value is 0.0700. The first-order chi connectivity index (χ1) is 7.24. The molecule has 3 rings (SSSR count). The molecule has 0 saturated carbocycles. The molecule has 2 aliphatic rings. The summed E-state index contributed by atoms with van der Waals surface area (Å²) in [5.41, 5.74) is 1.37. The molecule has 2 aliphatic heterocycles. The number of rotatable bonds is 1. The van der Waals surface area contributed by atoms with Gasteiger partial charge in [-0.05, 0) is 62.8 Å². The van der Waals surface area contributed by atoms with E-state index in [1.54, 1.807) is 0 Å². The van der Waals surface area contributed by atoms with Crippen molar-refractivity contribution in [3.63, 3.8) is 0 Å². The smallest absolute Gasteiger partial charge is 0.120 e. The van der Waals surface area contributed by atoms with E-state index >= 15 is 0 Å². The number of nitrogens with zero attached hydrogens (tertiary/aromatic N) is 1. The van der Waals surface area contributed by atoms with Crippen molar-refractivity contribution in [3.05, 3.63) is 26.9 Å². The molecule has 80 valence electrons. The second-order valence-electron chi connectivity index (χ2n) is 4.43. The van der Waals surface area contributed by atoms with Crippen molar-refractivity contribution in [2.24, 2.45) is 0 Å². The van der Waals surface area contributed by atoms with Crippen LogP contribution in [0.3, 0.4) is 0 Å². The van der Waals surface area contributed by atoms with Gasteiger partial charge in [0.05, 0.1) is 4.47 Å². The molecule has 2 fully saturated rings. The molecule has 0 aliphatic carbocycles. The third-order valence-electron chi connectivity index (χ3n) is 3.55. The summed E-state index contributed by atoms with van der Waals surface area (Å²) < 4.78 is 1.95. The van der Waals surface area contributed by atoms with Crippen LogP contribution in [-0.2, 0) is 0 Å². The summed E-state index contributed by atoms with van der Waals surface area (Å²) in [6, 6.07) is 3.64. The Balaban J connectivity index is 1.90. The molecule has 3 atom stereocenters. The van der Waals surface area contributed by atoms with Crippen LogP contribution in [0.15, 0.2) is 21.3 Å². The van der Waals surface area contributed by atoms with Crippen LogP contribution >= 0.6 is 31.9 Å². The van der Waals surface area contributed by atoms with Gasteiger partial charge in [-0.3, -0.25) is 0 Å². The van der Waals surface area contributed by atoms with E-state index in [-0.39, 0.29) is 0 Å². The summed E-state index contributed by atoms with van der Waals surface area (Å²) in [6.45, 7) is 0. The van der Waals surface area contributed by atoms with Gasteiger partial charge in [-0.2, -0.15) is 0 Å². The lowest BCUT2D eigenvalue weighted by atomic mass is 9.85. The fraction of sp³-hybridized carbons (Fsp3) is 0.545. The molecule has 1 aromatic rings. The fourth-order valence-electron chi connectivity index (χ4n) is 2.83. The Labute approximate surface area is 106 Å². The summed E-state index contributed by atoms with van der Waals surface area (Å²) in [6.07, 6.45) is 5.96. The quantitative estimate of drug-likeness (QED) is 0.799. The topological polar surface area (TPSA) is 24.9 Å². The zero-order chi connectivity index (χ0) is 10.4. The van der Waals surface area contributed by atoms with Gasteiger partial charge in [0.2, 0.25) is 0 Å². The van der Waals surface area contributed by atoms with Crippen molar-refractivity contribution in [1.29, 1.82) is 0 Å². The summed E-state index contributed by atoms with van der Waals surface area (Å²) in [5, 5.41) is 3.66. The lowest BCUT2D eigenvalue weighted by Crippen LogP contribution is -2.21. The van der Waals surface area contributed by atoms with Crippen molar-refractivity contribution < 1.29 is 0 Å². The first-order valence-electron chi connectivity index (χ1n) is 5.31. The molecule has 0 radical (unpaired) electrons. The van der Waals surface area contributed by atoms with E-state index in [4.69, 9.17) is 0 Å². The lowest BCUT2D eigenvalue weighted by Gasteiger charge is -2.20. The van der Waals surface area contributed by atoms with E-state index < -0.39 is 0 Å². The van der Waals surface area contributed by atoms with Gasteiger partial charge < -0.3 is 5.32 Å². The highest BCUT2D eigenvalue weighted by Gasteiger charge is 2.39. The number of pyridine rings is 1. The Kier molecular flexibility index (Phi) is 2.61. The van der Waals surface area contributed by atoms with Gasteiger partial charge in [0, 0.05) is 24.2 Å². The standard InChI is InChI=1S/C11H12Br2N2/c12-9-3-6(5-14-11(9)13)8-4-7-1-2-10(8)15-7/h3,5,7-8,10,15H,1-2,4H2/t7?,8-,10?/m1/s1. The van der Waals surface area contributed by atoms with Crippen molar-refractivity contribution in [2.45, 2.75) is 37.3 Å². The van der Waals surface area contributed by atoms with E-state index in [1.807, 2.05) is 6.20 Å². The van der Waals surface area contributed by atoms with Gasteiger partial charge in [0.1, 0.15) is 4.60 Å².